The summed E-state index contributed by atoms with van der Waals surface area (Å²) < 4.78 is 52.3. The molecule has 2 rings (SSSR count). The third kappa shape index (κ3) is 6.14. The molecule has 0 unspecified atom stereocenters. The molecule has 0 bridgehead atoms. The lowest BCUT2D eigenvalue weighted by Crippen LogP contribution is -2.36. The number of nitrogens with zero attached hydrogens (tertiary/aromatic N) is 1. The zero-order valence-corrected chi connectivity index (χ0v) is 19.6. The van der Waals surface area contributed by atoms with Gasteiger partial charge >= 0.3 is 5.97 Å². The molecule has 0 N–H and O–H groups in total. The SMILES string of the molecule is CCO[P@](=O)(CCC(=O)OC(C)(C)C)[C@@H]1CCCN1S(=O)(=O)c1ccc(C)cc1. The van der Waals surface area contributed by atoms with Gasteiger partial charge in [0.15, 0.2) is 0 Å². The van der Waals surface area contributed by atoms with Gasteiger partial charge in [0.1, 0.15) is 11.4 Å². The molecule has 7 nitrogen and oxygen atoms in total. The zero-order chi connectivity index (χ0) is 21.9. The number of esters is 1. The maximum absolute atomic E-state index is 13.7. The molecule has 0 aromatic heterocycles. The van der Waals surface area contributed by atoms with Crippen LogP contribution in [0.5, 0.6) is 0 Å². The van der Waals surface area contributed by atoms with E-state index in [9.17, 15) is 17.8 Å². The van der Waals surface area contributed by atoms with Gasteiger partial charge in [-0.15, -0.1) is 0 Å². The number of rotatable bonds is 8. The van der Waals surface area contributed by atoms with E-state index < -0.39 is 34.7 Å². The standard InChI is InChI=1S/C20H32NO6PS/c1-6-26-28(23,15-13-19(22)27-20(3,4)5)18-8-7-14-21(18)29(24,25)17-11-9-16(2)10-12-17/h9-12,18H,6-8,13-15H2,1-5H3/t18-,28-/m1/s1. The van der Waals surface area contributed by atoms with Gasteiger partial charge in [0, 0.05) is 12.7 Å². The first-order chi connectivity index (χ1) is 13.4. The lowest BCUT2D eigenvalue weighted by Gasteiger charge is -2.31. The van der Waals surface area contributed by atoms with Crippen LogP contribution >= 0.6 is 7.37 Å². The van der Waals surface area contributed by atoms with E-state index in [1.807, 2.05) is 6.92 Å². The second-order valence-electron chi connectivity index (χ2n) is 8.26. The Morgan fingerprint density at radius 2 is 1.86 bits per heavy atom. The van der Waals surface area contributed by atoms with Crippen LogP contribution in [-0.4, -0.2) is 49.4 Å². The van der Waals surface area contributed by atoms with Gasteiger partial charge in [-0.05, 0) is 59.6 Å². The number of carbonyl (C=O) groups is 1. The fourth-order valence-corrected chi connectivity index (χ4v) is 8.36. The van der Waals surface area contributed by atoms with Crippen molar-refractivity contribution in [1.82, 2.24) is 4.31 Å². The van der Waals surface area contributed by atoms with Gasteiger partial charge in [-0.1, -0.05) is 17.7 Å². The first-order valence-electron chi connectivity index (χ1n) is 9.93. The fourth-order valence-electron chi connectivity index (χ4n) is 3.40. The zero-order valence-electron chi connectivity index (χ0n) is 17.9. The predicted molar refractivity (Wildman–Crippen MR) is 113 cm³/mol. The Bertz CT molecular complexity index is 860. The maximum Gasteiger partial charge on any atom is 0.306 e. The summed E-state index contributed by atoms with van der Waals surface area (Å²) in [6, 6.07) is 6.60. The monoisotopic (exact) mass is 445 g/mol. The number of carbonyl (C=O) groups excluding carboxylic acids is 1. The van der Waals surface area contributed by atoms with Gasteiger partial charge in [0.05, 0.1) is 17.9 Å². The van der Waals surface area contributed by atoms with Crippen LogP contribution in [0.4, 0.5) is 0 Å². The van der Waals surface area contributed by atoms with Gasteiger partial charge in [0.2, 0.25) is 17.4 Å². The molecule has 0 saturated carbocycles. The third-order valence-electron chi connectivity index (χ3n) is 4.65. The van der Waals surface area contributed by atoms with Crippen LogP contribution in [0.1, 0.15) is 52.5 Å². The summed E-state index contributed by atoms with van der Waals surface area (Å²) in [7, 11) is -7.23. The Kier molecular flexibility index (Phi) is 7.71. The van der Waals surface area contributed by atoms with Crippen molar-refractivity contribution in [2.24, 2.45) is 0 Å². The molecule has 0 radical (unpaired) electrons. The molecule has 1 aromatic rings. The molecule has 0 aliphatic carbocycles. The van der Waals surface area contributed by atoms with E-state index in [0.29, 0.717) is 12.8 Å². The molecule has 0 amide bonds. The van der Waals surface area contributed by atoms with Gasteiger partial charge < -0.3 is 9.26 Å². The molecular formula is C20H32NO6PS. The summed E-state index contributed by atoms with van der Waals surface area (Å²) >= 11 is 0. The highest BCUT2D eigenvalue weighted by molar-refractivity contribution is 7.89. The van der Waals surface area contributed by atoms with Gasteiger partial charge in [-0.25, -0.2) is 8.42 Å². The number of benzene rings is 1. The molecule has 1 aromatic carbocycles. The summed E-state index contributed by atoms with van der Waals surface area (Å²) in [6.07, 6.45) is 0.916. The minimum atomic E-state index is -3.81. The maximum atomic E-state index is 13.7. The van der Waals surface area contributed by atoms with Crippen molar-refractivity contribution in [2.75, 3.05) is 19.3 Å². The molecule has 29 heavy (non-hydrogen) atoms. The summed E-state index contributed by atoms with van der Waals surface area (Å²) in [6.45, 7) is 9.35. The van der Waals surface area contributed by atoms with Crippen LogP contribution in [0.3, 0.4) is 0 Å². The summed E-state index contributed by atoms with van der Waals surface area (Å²) in [4.78, 5) is 12.3. The summed E-state index contributed by atoms with van der Waals surface area (Å²) in [5.41, 5.74) is 0.320. The average Bonchev–Trinajstić information content (AvgIpc) is 3.11. The van der Waals surface area contributed by atoms with E-state index in [0.717, 1.165) is 5.56 Å². The number of aryl methyl sites for hydroxylation is 1. The highest BCUT2D eigenvalue weighted by Crippen LogP contribution is 2.57. The first-order valence-corrected chi connectivity index (χ1v) is 13.2. The molecule has 164 valence electrons. The van der Waals surface area contributed by atoms with Gasteiger partial charge in [0.25, 0.3) is 0 Å². The van der Waals surface area contributed by atoms with Crippen LogP contribution in [-0.2, 0) is 28.6 Å². The molecule has 2 atom stereocenters. The van der Waals surface area contributed by atoms with Crippen LogP contribution < -0.4 is 0 Å². The van der Waals surface area contributed by atoms with Crippen molar-refractivity contribution in [3.63, 3.8) is 0 Å². The molecular weight excluding hydrogens is 413 g/mol. The Morgan fingerprint density at radius 3 is 2.41 bits per heavy atom. The van der Waals surface area contributed by atoms with E-state index in [1.54, 1.807) is 52.0 Å². The van der Waals surface area contributed by atoms with Crippen molar-refractivity contribution in [3.8, 4) is 0 Å². The van der Waals surface area contributed by atoms with Crippen molar-refractivity contribution < 1.29 is 27.0 Å². The normalized spacial score (nSPS) is 20.4. The molecule has 1 fully saturated rings. The van der Waals surface area contributed by atoms with E-state index in [4.69, 9.17) is 9.26 Å². The fraction of sp³-hybridized carbons (Fsp3) is 0.650. The van der Waals surface area contributed by atoms with E-state index in [-0.39, 0.29) is 30.6 Å². The Morgan fingerprint density at radius 1 is 1.24 bits per heavy atom. The van der Waals surface area contributed by atoms with Crippen molar-refractivity contribution in [1.29, 1.82) is 0 Å². The lowest BCUT2D eigenvalue weighted by atomic mass is 10.2. The van der Waals surface area contributed by atoms with Gasteiger partial charge in [-0.3, -0.25) is 9.36 Å². The van der Waals surface area contributed by atoms with Crippen molar-refractivity contribution in [2.45, 2.75) is 70.2 Å². The number of ether oxygens (including phenoxy) is 1. The van der Waals surface area contributed by atoms with Crippen LogP contribution in [0.15, 0.2) is 29.2 Å². The van der Waals surface area contributed by atoms with Crippen molar-refractivity contribution >= 4 is 23.4 Å². The summed E-state index contributed by atoms with van der Waals surface area (Å²) in [5.74, 6) is -1.24. The average molecular weight is 446 g/mol. The van der Waals surface area contributed by atoms with Crippen molar-refractivity contribution in [3.05, 3.63) is 29.8 Å². The largest absolute Gasteiger partial charge is 0.460 e. The van der Waals surface area contributed by atoms with E-state index in [2.05, 4.69) is 0 Å². The van der Waals surface area contributed by atoms with E-state index in [1.165, 1.54) is 4.31 Å². The number of hydrogen-bond acceptors (Lipinski definition) is 6. The Labute approximate surface area is 174 Å². The van der Waals surface area contributed by atoms with Crippen LogP contribution in [0.2, 0.25) is 0 Å². The predicted octanol–water partition coefficient (Wildman–Crippen LogP) is 4.15. The highest BCUT2D eigenvalue weighted by Gasteiger charge is 2.46. The molecule has 1 saturated heterocycles. The summed E-state index contributed by atoms with van der Waals surface area (Å²) in [5, 5.41) is 0. The molecule has 1 aliphatic rings. The topological polar surface area (TPSA) is 90.0 Å². The van der Waals surface area contributed by atoms with E-state index >= 15 is 0 Å². The minimum Gasteiger partial charge on any atom is -0.460 e. The van der Waals surface area contributed by atoms with Crippen LogP contribution in [0, 0.1) is 6.92 Å². The third-order valence-corrected chi connectivity index (χ3v) is 9.72. The Balaban J connectivity index is 2.25. The quantitative estimate of drug-likeness (QED) is 0.441. The van der Waals surface area contributed by atoms with Gasteiger partial charge in [-0.2, -0.15) is 4.31 Å². The Hall–Kier alpha value is -1.21. The highest BCUT2D eigenvalue weighted by atomic mass is 32.2. The second-order valence-corrected chi connectivity index (χ2v) is 12.9. The van der Waals surface area contributed by atoms with Crippen LogP contribution in [0.25, 0.3) is 0 Å². The molecule has 0 spiro atoms. The first kappa shape index (κ1) is 24.1. The second kappa shape index (κ2) is 9.29. The smallest absolute Gasteiger partial charge is 0.306 e. The molecule has 1 heterocycles. The lowest BCUT2D eigenvalue weighted by molar-refractivity contribution is -0.154. The molecule has 1 aliphatic heterocycles. The minimum absolute atomic E-state index is 0.0413. The number of hydrogen-bond donors (Lipinski definition) is 0. The number of sulfonamides is 1. The molecule has 9 heteroatoms.